The van der Waals surface area contributed by atoms with Gasteiger partial charge in [0.15, 0.2) is 0 Å². The first kappa shape index (κ1) is 72.4. The topological polar surface area (TPSA) is 186 Å². The van der Waals surface area contributed by atoms with E-state index in [1.54, 1.807) is 17.0 Å². The van der Waals surface area contributed by atoms with Crippen LogP contribution in [-0.2, 0) is 41.4 Å². The highest BCUT2D eigenvalue weighted by Gasteiger charge is 2.23. The smallest absolute Gasteiger partial charge is 0.410 e. The first-order chi connectivity index (χ1) is 38.2. The minimum absolute atomic E-state index is 0.128. The van der Waals surface area contributed by atoms with Gasteiger partial charge in [-0.1, -0.05) is 139 Å². The zero-order valence-electron chi connectivity index (χ0n) is 50.8. The molecule has 0 aliphatic carbocycles. The number of hydrogen-bond donors (Lipinski definition) is 2. The molecule has 0 aliphatic heterocycles. The minimum Gasteiger partial charge on any atom is -0.481 e. The lowest BCUT2D eigenvalue weighted by Crippen LogP contribution is -2.38. The Hall–Kier alpha value is -5.66. The molecule has 80 heavy (non-hydrogen) atoms. The monoisotopic (exact) mass is 1120 g/mol. The molecular formula is C66H106N2O12. The highest BCUT2D eigenvalue weighted by atomic mass is 16.6. The van der Waals surface area contributed by atoms with Crippen LogP contribution in [0, 0.1) is 0 Å². The number of amides is 2. The third kappa shape index (κ3) is 41.4. The second-order valence-corrected chi connectivity index (χ2v) is 22.9. The maximum absolute atomic E-state index is 12.9. The average molecular weight is 1120 g/mol. The summed E-state index contributed by atoms with van der Waals surface area (Å²) in [5.74, 6) is -2.11. The molecular weight excluding hydrogens is 1010 g/mol. The van der Waals surface area contributed by atoms with Crippen LogP contribution in [0.5, 0.6) is 0 Å². The highest BCUT2D eigenvalue weighted by Crippen LogP contribution is 2.17. The van der Waals surface area contributed by atoms with Gasteiger partial charge in [-0.25, -0.2) is 19.2 Å². The normalized spacial score (nSPS) is 11.5. The van der Waals surface area contributed by atoms with Gasteiger partial charge in [-0.2, -0.15) is 0 Å². The van der Waals surface area contributed by atoms with Crippen LogP contribution in [0.4, 0.5) is 9.59 Å². The molecule has 0 aromatic heterocycles. The number of carbonyl (C=O) groups is 6. The molecule has 2 aromatic carbocycles. The van der Waals surface area contributed by atoms with Crippen molar-refractivity contribution in [2.75, 3.05) is 39.4 Å². The number of hydrogen-bond acceptors (Lipinski definition) is 10. The Morgan fingerprint density at radius 2 is 0.812 bits per heavy atom. The van der Waals surface area contributed by atoms with Gasteiger partial charge < -0.3 is 39.0 Å². The van der Waals surface area contributed by atoms with Gasteiger partial charge in [0, 0.05) is 39.0 Å². The summed E-state index contributed by atoms with van der Waals surface area (Å²) >= 11 is 0. The van der Waals surface area contributed by atoms with Crippen LogP contribution in [0.3, 0.4) is 0 Å². The van der Waals surface area contributed by atoms with E-state index in [0.717, 1.165) is 120 Å². The second kappa shape index (κ2) is 45.0. The van der Waals surface area contributed by atoms with Gasteiger partial charge in [0.25, 0.3) is 0 Å². The van der Waals surface area contributed by atoms with E-state index in [9.17, 15) is 28.8 Å². The van der Waals surface area contributed by atoms with Crippen LogP contribution in [0.25, 0.3) is 0 Å². The lowest BCUT2D eigenvalue weighted by atomic mass is 10.1. The highest BCUT2D eigenvalue weighted by molar-refractivity contribution is 5.89. The maximum Gasteiger partial charge on any atom is 0.410 e. The van der Waals surface area contributed by atoms with Gasteiger partial charge in [0.1, 0.15) is 24.4 Å². The number of carboxylic acids is 2. The van der Waals surface area contributed by atoms with Crippen molar-refractivity contribution in [2.24, 2.45) is 0 Å². The average Bonchev–Trinajstić information content (AvgIpc) is 3.40. The third-order valence-corrected chi connectivity index (χ3v) is 13.0. The summed E-state index contributed by atoms with van der Waals surface area (Å²) < 4.78 is 21.9. The number of aromatic carboxylic acids is 1. The predicted octanol–water partition coefficient (Wildman–Crippen LogP) is 16.7. The fraction of sp³-hybridized carbons (Fsp3) is 0.667. The van der Waals surface area contributed by atoms with Crippen molar-refractivity contribution in [3.8, 4) is 0 Å². The maximum atomic E-state index is 12.9. The van der Waals surface area contributed by atoms with Crippen molar-refractivity contribution in [1.82, 2.24) is 9.80 Å². The van der Waals surface area contributed by atoms with Crippen molar-refractivity contribution < 1.29 is 57.9 Å². The number of aryl methyl sites for hydroxylation is 2. The van der Waals surface area contributed by atoms with Crippen LogP contribution < -0.4 is 0 Å². The number of ether oxygens (including phenoxy) is 4. The van der Waals surface area contributed by atoms with Crippen LogP contribution in [-0.4, -0.2) is 107 Å². The van der Waals surface area contributed by atoms with Gasteiger partial charge in [0.05, 0.1) is 11.1 Å². The van der Waals surface area contributed by atoms with E-state index in [2.05, 4.69) is 26.0 Å². The predicted molar refractivity (Wildman–Crippen MR) is 321 cm³/mol. The largest absolute Gasteiger partial charge is 0.481 e. The molecule has 2 aromatic rings. The van der Waals surface area contributed by atoms with E-state index >= 15 is 0 Å². The minimum atomic E-state index is -0.929. The molecule has 0 unspecified atom stereocenters. The molecule has 0 radical (unpaired) electrons. The number of nitrogens with zero attached hydrogens (tertiary/aromatic N) is 2. The Kier molecular flexibility index (Phi) is 40.7. The zero-order chi connectivity index (χ0) is 59.3. The number of rotatable bonds is 42. The van der Waals surface area contributed by atoms with Gasteiger partial charge in [-0.3, -0.25) is 9.59 Å². The Bertz CT molecular complexity index is 2030. The molecule has 0 atom stereocenters. The quantitative estimate of drug-likeness (QED) is 0.0278. The molecule has 0 bridgehead atoms. The standard InChI is InChI=1S/C42H69NO6.C24H37NO6/c1-6-8-10-12-14-19-25-35-47-39(44)28-21-17-16-18-23-33-43(41(46)49-42(3,4)5)34-24-22-27-37-29-31-38(32-30-37)40(45)48-36-26-20-15-13-11-9-7-2;1-24(2,3)31-23(30)25(17-9-6-4-5-7-12-21(26)27)18-10-8-11-19-13-15-20(16-14-19)22(28)29/h19-20,25-26,29-32H,6-18,21-24,27-28,33-36H2,1-5H3;13-16H,4-12,17-18H2,1-3H3,(H,26,27)(H,28,29)/b25-19-,26-20-;. The Balaban J connectivity index is 0.000000885. The molecule has 0 saturated heterocycles. The lowest BCUT2D eigenvalue weighted by molar-refractivity contribution is -0.142. The van der Waals surface area contributed by atoms with E-state index < -0.39 is 23.1 Å². The number of carboxylic acid groups (broad SMARTS) is 2. The van der Waals surface area contributed by atoms with E-state index in [1.165, 1.54) is 51.4 Å². The fourth-order valence-electron chi connectivity index (χ4n) is 8.51. The summed E-state index contributed by atoms with van der Waals surface area (Å²) in [6.07, 6.45) is 34.5. The van der Waals surface area contributed by atoms with Crippen molar-refractivity contribution >= 4 is 36.1 Å². The van der Waals surface area contributed by atoms with Gasteiger partial charge in [-0.05, 0) is 167 Å². The second-order valence-electron chi connectivity index (χ2n) is 22.9. The first-order valence-electron chi connectivity index (χ1n) is 30.5. The molecule has 0 spiro atoms. The molecule has 2 N–H and O–H groups in total. The molecule has 0 aliphatic rings. The summed E-state index contributed by atoms with van der Waals surface area (Å²) in [6, 6.07) is 14.5. The number of unbranched alkanes of at least 4 members (excludes halogenated alkanes) is 18. The van der Waals surface area contributed by atoms with E-state index in [-0.39, 0.29) is 36.1 Å². The summed E-state index contributed by atoms with van der Waals surface area (Å²) in [6.45, 7) is 18.9. The van der Waals surface area contributed by atoms with Gasteiger partial charge in [-0.15, -0.1) is 0 Å². The molecule has 452 valence electrons. The van der Waals surface area contributed by atoms with Gasteiger partial charge >= 0.3 is 36.1 Å². The molecule has 14 nitrogen and oxygen atoms in total. The van der Waals surface area contributed by atoms with E-state index in [4.69, 9.17) is 29.2 Å². The van der Waals surface area contributed by atoms with Crippen molar-refractivity contribution in [3.63, 3.8) is 0 Å². The van der Waals surface area contributed by atoms with Crippen LogP contribution in [0.15, 0.2) is 72.8 Å². The zero-order valence-corrected chi connectivity index (χ0v) is 50.8. The summed E-state index contributed by atoms with van der Waals surface area (Å²) in [5.41, 5.74) is 2.00. The Morgan fingerprint density at radius 3 is 1.23 bits per heavy atom. The van der Waals surface area contributed by atoms with Crippen molar-refractivity contribution in [2.45, 2.75) is 246 Å². The number of benzene rings is 2. The molecule has 14 heteroatoms. The molecule has 0 fully saturated rings. The van der Waals surface area contributed by atoms with E-state index in [0.29, 0.717) is 57.8 Å². The number of aliphatic carboxylic acids is 1. The lowest BCUT2D eigenvalue weighted by Gasteiger charge is -2.27. The third-order valence-electron chi connectivity index (χ3n) is 13.0. The SMILES string of the molecule is CC(C)(C)OC(=O)N(CCCCCCCC(=O)O)CCCCc1ccc(C(=O)O)cc1.CCCCCC/C=C\COC(=O)CCCCCCCN(CCCCc1ccc(C(=O)OC/C=C\CCCCCC)cc1)C(=O)OC(C)(C)C. The Morgan fingerprint density at radius 1 is 0.438 bits per heavy atom. The summed E-state index contributed by atoms with van der Waals surface area (Å²) in [7, 11) is 0. The van der Waals surface area contributed by atoms with Crippen LogP contribution >= 0.6 is 0 Å². The number of esters is 2. The summed E-state index contributed by atoms with van der Waals surface area (Å²) in [5, 5.41) is 17.6. The molecule has 0 saturated carbocycles. The van der Waals surface area contributed by atoms with Crippen LogP contribution in [0.1, 0.15) is 254 Å². The van der Waals surface area contributed by atoms with E-state index in [1.807, 2.05) is 95.0 Å². The van der Waals surface area contributed by atoms with Crippen LogP contribution in [0.2, 0.25) is 0 Å². The van der Waals surface area contributed by atoms with Crippen molar-refractivity contribution in [1.29, 1.82) is 0 Å². The fourth-order valence-corrected chi connectivity index (χ4v) is 8.51. The number of carbonyl (C=O) groups excluding carboxylic acids is 4. The molecule has 0 heterocycles. The van der Waals surface area contributed by atoms with Gasteiger partial charge in [0.2, 0.25) is 0 Å². The van der Waals surface area contributed by atoms with Crippen molar-refractivity contribution in [3.05, 3.63) is 95.1 Å². The Labute approximate surface area is 482 Å². The number of allylic oxidation sites excluding steroid dienone is 2. The first-order valence-corrected chi connectivity index (χ1v) is 30.5. The molecule has 2 rings (SSSR count). The molecule has 2 amide bonds. The summed E-state index contributed by atoms with van der Waals surface area (Å²) in [4.78, 5) is 74.9.